The molecule has 2 heterocycles. The molecule has 0 fully saturated rings. The quantitative estimate of drug-likeness (QED) is 0.425. The van der Waals surface area contributed by atoms with Gasteiger partial charge < -0.3 is 10.5 Å². The van der Waals surface area contributed by atoms with E-state index in [9.17, 15) is 10.0 Å². The summed E-state index contributed by atoms with van der Waals surface area (Å²) in [6, 6.07) is 17.6. The van der Waals surface area contributed by atoms with Gasteiger partial charge in [-0.3, -0.25) is 9.78 Å². The molecule has 4 aromatic rings. The maximum absolute atomic E-state index is 12.6. The van der Waals surface area contributed by atoms with Crippen LogP contribution in [0.15, 0.2) is 79.3 Å². The molecule has 0 radical (unpaired) electrons. The van der Waals surface area contributed by atoms with E-state index in [2.05, 4.69) is 10.3 Å². The van der Waals surface area contributed by atoms with Crippen molar-refractivity contribution in [2.24, 2.45) is 0 Å². The van der Waals surface area contributed by atoms with Gasteiger partial charge in [0.2, 0.25) is 5.69 Å². The van der Waals surface area contributed by atoms with Gasteiger partial charge in [-0.15, -0.1) is 0 Å². The lowest BCUT2D eigenvalue weighted by molar-refractivity contribution is -0.593. The van der Waals surface area contributed by atoms with Crippen molar-refractivity contribution in [3.63, 3.8) is 0 Å². The van der Waals surface area contributed by atoms with Gasteiger partial charge in [0.05, 0.1) is 5.56 Å². The van der Waals surface area contributed by atoms with Crippen LogP contribution in [0.3, 0.4) is 0 Å². The summed E-state index contributed by atoms with van der Waals surface area (Å²) in [7, 11) is 0. The number of nitrogens with one attached hydrogen (secondary N) is 1. The largest absolute Gasteiger partial charge is 0.618 e. The lowest BCUT2D eigenvalue weighted by atomic mass is 10.0. The van der Waals surface area contributed by atoms with Crippen LogP contribution in [0.5, 0.6) is 0 Å². The smallest absolute Gasteiger partial charge is 0.261 e. The highest BCUT2D eigenvalue weighted by Gasteiger charge is 2.16. The average molecular weight is 376 g/mol. The van der Waals surface area contributed by atoms with E-state index in [4.69, 9.17) is 11.6 Å². The molecule has 27 heavy (non-hydrogen) atoms. The summed E-state index contributed by atoms with van der Waals surface area (Å²) >= 11 is 5.84. The zero-order chi connectivity index (χ0) is 18.8. The van der Waals surface area contributed by atoms with E-state index in [0.29, 0.717) is 21.1 Å². The molecule has 0 spiro atoms. The summed E-state index contributed by atoms with van der Waals surface area (Å²) in [5, 5.41) is 17.8. The summed E-state index contributed by atoms with van der Waals surface area (Å²) in [6.07, 6.45) is 4.72. The van der Waals surface area contributed by atoms with Crippen LogP contribution in [0.4, 0.5) is 5.69 Å². The summed E-state index contributed by atoms with van der Waals surface area (Å²) < 4.78 is 0.714. The Kier molecular flexibility index (Phi) is 4.44. The van der Waals surface area contributed by atoms with Gasteiger partial charge in [0.1, 0.15) is 5.56 Å². The first-order chi connectivity index (χ1) is 13.1. The second-order valence-electron chi connectivity index (χ2n) is 5.99. The number of anilines is 1. The number of carbonyl (C=O) groups is 1. The third kappa shape index (κ3) is 3.45. The standard InChI is InChI=1S/C21H14ClN3O2/c22-16-5-7-17(8-6-16)24-21(26)15-4-9-20(25(27)13-15)19-3-1-2-14-12-23-11-10-18(14)19/h1-13H,(H,24,26). The SMILES string of the molecule is O=C(Nc1ccc(Cl)cc1)c1ccc(-c2cccc3cnccc23)[n+]([O-])c1. The molecule has 0 bridgehead atoms. The van der Waals surface area contributed by atoms with Crippen LogP contribution in [0.25, 0.3) is 22.0 Å². The number of hydrogen-bond acceptors (Lipinski definition) is 3. The van der Waals surface area contributed by atoms with Gasteiger partial charge in [-0.05, 0) is 47.9 Å². The number of fused-ring (bicyclic) bond motifs is 1. The molecule has 0 saturated heterocycles. The molecule has 2 aromatic carbocycles. The predicted molar refractivity (Wildman–Crippen MR) is 106 cm³/mol. The minimum Gasteiger partial charge on any atom is -0.618 e. The number of amides is 1. The summed E-state index contributed by atoms with van der Waals surface area (Å²) in [5.74, 6) is -0.365. The number of aromatic nitrogens is 2. The number of hydrogen-bond donors (Lipinski definition) is 1. The molecule has 1 amide bonds. The van der Waals surface area contributed by atoms with Gasteiger partial charge in [0, 0.05) is 34.6 Å². The van der Waals surface area contributed by atoms with Crippen LogP contribution in [-0.2, 0) is 0 Å². The van der Waals surface area contributed by atoms with E-state index < -0.39 is 0 Å². The van der Waals surface area contributed by atoms with Crippen LogP contribution >= 0.6 is 11.6 Å². The second-order valence-corrected chi connectivity index (χ2v) is 6.43. The van der Waals surface area contributed by atoms with Gasteiger partial charge >= 0.3 is 0 Å². The topological polar surface area (TPSA) is 68.9 Å². The highest BCUT2D eigenvalue weighted by molar-refractivity contribution is 6.30. The van der Waals surface area contributed by atoms with Crippen LogP contribution in [0.1, 0.15) is 10.4 Å². The Morgan fingerprint density at radius 1 is 1.04 bits per heavy atom. The maximum Gasteiger partial charge on any atom is 0.261 e. The lowest BCUT2D eigenvalue weighted by Crippen LogP contribution is -2.31. The number of pyridine rings is 2. The number of rotatable bonds is 3. The van der Waals surface area contributed by atoms with Crippen LogP contribution in [0.2, 0.25) is 5.02 Å². The van der Waals surface area contributed by atoms with E-state index in [0.717, 1.165) is 16.3 Å². The molecule has 6 heteroatoms. The molecular formula is C21H14ClN3O2. The molecule has 0 aliphatic rings. The Morgan fingerprint density at radius 3 is 2.63 bits per heavy atom. The Morgan fingerprint density at radius 2 is 1.85 bits per heavy atom. The zero-order valence-electron chi connectivity index (χ0n) is 14.1. The van der Waals surface area contributed by atoms with Crippen molar-refractivity contribution in [1.29, 1.82) is 0 Å². The van der Waals surface area contributed by atoms with Crippen molar-refractivity contribution < 1.29 is 9.52 Å². The van der Waals surface area contributed by atoms with E-state index in [1.54, 1.807) is 48.8 Å². The Labute approximate surface area is 160 Å². The molecule has 5 nitrogen and oxygen atoms in total. The average Bonchev–Trinajstić information content (AvgIpc) is 2.69. The minimum atomic E-state index is -0.365. The van der Waals surface area contributed by atoms with Crippen molar-refractivity contribution in [2.45, 2.75) is 0 Å². The first kappa shape index (κ1) is 17.0. The number of benzene rings is 2. The predicted octanol–water partition coefficient (Wildman–Crippen LogP) is 4.44. The molecular weight excluding hydrogens is 362 g/mol. The maximum atomic E-state index is 12.6. The van der Waals surface area contributed by atoms with Gasteiger partial charge in [0.25, 0.3) is 5.91 Å². The fourth-order valence-electron chi connectivity index (χ4n) is 2.91. The molecule has 2 aromatic heterocycles. The van der Waals surface area contributed by atoms with Crippen molar-refractivity contribution in [1.82, 2.24) is 4.98 Å². The van der Waals surface area contributed by atoms with Gasteiger partial charge in [-0.25, -0.2) is 0 Å². The first-order valence-electron chi connectivity index (χ1n) is 8.25. The zero-order valence-corrected chi connectivity index (χ0v) is 14.9. The third-order valence-corrected chi connectivity index (χ3v) is 4.49. The highest BCUT2D eigenvalue weighted by atomic mass is 35.5. The Hall–Kier alpha value is -3.44. The number of nitrogens with zero attached hydrogens (tertiary/aromatic N) is 2. The molecule has 0 aliphatic carbocycles. The van der Waals surface area contributed by atoms with E-state index in [-0.39, 0.29) is 11.5 Å². The number of halogens is 1. The second kappa shape index (κ2) is 7.05. The van der Waals surface area contributed by atoms with Gasteiger partial charge in [-0.1, -0.05) is 23.7 Å². The first-order valence-corrected chi connectivity index (χ1v) is 8.63. The van der Waals surface area contributed by atoms with E-state index >= 15 is 0 Å². The van der Waals surface area contributed by atoms with E-state index in [1.165, 1.54) is 6.20 Å². The van der Waals surface area contributed by atoms with Crippen LogP contribution in [0, 0.1) is 5.21 Å². The fraction of sp³-hybridized carbons (Fsp3) is 0. The summed E-state index contributed by atoms with van der Waals surface area (Å²) in [6.45, 7) is 0. The Balaban J connectivity index is 1.66. The normalized spacial score (nSPS) is 10.7. The minimum absolute atomic E-state index is 0.269. The monoisotopic (exact) mass is 375 g/mol. The van der Waals surface area contributed by atoms with Crippen molar-refractivity contribution in [2.75, 3.05) is 5.32 Å². The molecule has 0 saturated carbocycles. The van der Waals surface area contributed by atoms with Crippen molar-refractivity contribution in [3.8, 4) is 11.3 Å². The molecule has 0 unspecified atom stereocenters. The van der Waals surface area contributed by atoms with Gasteiger partial charge in [-0.2, -0.15) is 4.73 Å². The molecule has 0 aliphatic heterocycles. The molecule has 1 N–H and O–H groups in total. The molecule has 4 rings (SSSR count). The lowest BCUT2D eigenvalue weighted by Gasteiger charge is -2.09. The molecule has 0 atom stereocenters. The van der Waals surface area contributed by atoms with Crippen molar-refractivity contribution >= 4 is 34.0 Å². The number of carbonyl (C=O) groups excluding carboxylic acids is 1. The summed E-state index contributed by atoms with van der Waals surface area (Å²) in [5.41, 5.74) is 2.13. The third-order valence-electron chi connectivity index (χ3n) is 4.24. The van der Waals surface area contributed by atoms with E-state index in [1.807, 2.05) is 24.3 Å². The van der Waals surface area contributed by atoms with Crippen LogP contribution in [-0.4, -0.2) is 10.9 Å². The van der Waals surface area contributed by atoms with Crippen molar-refractivity contribution in [3.05, 3.63) is 95.0 Å². The summed E-state index contributed by atoms with van der Waals surface area (Å²) in [4.78, 5) is 16.5. The Bertz CT molecular complexity index is 1140. The highest BCUT2D eigenvalue weighted by Crippen LogP contribution is 2.26. The van der Waals surface area contributed by atoms with Crippen LogP contribution < -0.4 is 10.0 Å². The van der Waals surface area contributed by atoms with Gasteiger partial charge in [0.15, 0.2) is 6.20 Å². The fourth-order valence-corrected chi connectivity index (χ4v) is 3.03. The molecule has 132 valence electrons.